The van der Waals surface area contributed by atoms with E-state index in [0.29, 0.717) is 6.61 Å². The van der Waals surface area contributed by atoms with Crippen LogP contribution >= 0.6 is 0 Å². The van der Waals surface area contributed by atoms with Gasteiger partial charge in [-0.2, -0.15) is 0 Å². The third kappa shape index (κ3) is 10.5. The van der Waals surface area contributed by atoms with Crippen LogP contribution in [0.15, 0.2) is 0 Å². The zero-order valence-electron chi connectivity index (χ0n) is 12.6. The molecule has 0 amide bonds. The van der Waals surface area contributed by atoms with E-state index in [2.05, 4.69) is 13.8 Å². The van der Waals surface area contributed by atoms with Gasteiger partial charge in [0.15, 0.2) is 0 Å². The van der Waals surface area contributed by atoms with E-state index in [0.717, 1.165) is 44.9 Å². The van der Waals surface area contributed by atoms with Crippen LogP contribution in [-0.4, -0.2) is 24.6 Å². The second kappa shape index (κ2) is 12.0. The molecule has 112 valence electrons. The van der Waals surface area contributed by atoms with E-state index in [1.54, 1.807) is 0 Å². The summed E-state index contributed by atoms with van der Waals surface area (Å²) in [6.07, 6.45) is 6.39. The first-order valence-electron chi connectivity index (χ1n) is 7.49. The summed E-state index contributed by atoms with van der Waals surface area (Å²) in [5, 5.41) is 0. The predicted molar refractivity (Wildman–Crippen MR) is 74.8 cm³/mol. The Morgan fingerprint density at radius 1 is 0.947 bits per heavy atom. The van der Waals surface area contributed by atoms with Crippen LogP contribution in [-0.2, 0) is 19.1 Å². The minimum Gasteiger partial charge on any atom is -0.465 e. The summed E-state index contributed by atoms with van der Waals surface area (Å²) in [6.45, 7) is 6.56. The van der Waals surface area contributed by atoms with Gasteiger partial charge in [0.05, 0.1) is 6.61 Å². The van der Waals surface area contributed by atoms with Crippen molar-refractivity contribution in [2.45, 2.75) is 78.2 Å². The minimum absolute atomic E-state index is 0.0691. The van der Waals surface area contributed by atoms with Crippen LogP contribution in [0.1, 0.15) is 72.1 Å². The normalized spacial score (nSPS) is 11.9. The Labute approximate surface area is 116 Å². The van der Waals surface area contributed by atoms with E-state index in [1.807, 2.05) is 6.92 Å². The van der Waals surface area contributed by atoms with Crippen molar-refractivity contribution >= 4 is 11.9 Å². The van der Waals surface area contributed by atoms with Gasteiger partial charge in [-0.3, -0.25) is 9.59 Å². The van der Waals surface area contributed by atoms with Crippen LogP contribution < -0.4 is 0 Å². The number of carbonyl (C=O) groups excluding carboxylic acids is 2. The summed E-state index contributed by atoms with van der Waals surface area (Å²) in [6, 6.07) is 0. The molecule has 0 aromatic rings. The number of hydrogen-bond donors (Lipinski definition) is 0. The zero-order chi connectivity index (χ0) is 14.5. The molecule has 0 heterocycles. The number of esters is 2. The predicted octanol–water partition coefficient (Wildman–Crippen LogP) is 3.62. The molecule has 0 spiro atoms. The first kappa shape index (κ1) is 17.9. The molecule has 0 saturated carbocycles. The number of unbranched alkanes of at least 4 members (excludes halogenated alkanes) is 3. The molecule has 0 saturated heterocycles. The van der Waals surface area contributed by atoms with E-state index in [4.69, 9.17) is 9.47 Å². The zero-order valence-corrected chi connectivity index (χ0v) is 12.6. The molecule has 0 aromatic heterocycles. The van der Waals surface area contributed by atoms with Crippen molar-refractivity contribution in [2.24, 2.45) is 0 Å². The fourth-order valence-corrected chi connectivity index (χ4v) is 1.71. The monoisotopic (exact) mass is 272 g/mol. The van der Waals surface area contributed by atoms with E-state index < -0.39 is 11.9 Å². The van der Waals surface area contributed by atoms with Crippen LogP contribution in [0.5, 0.6) is 0 Å². The largest absolute Gasteiger partial charge is 0.465 e. The molecule has 0 rings (SSSR count). The molecular weight excluding hydrogens is 244 g/mol. The lowest BCUT2D eigenvalue weighted by atomic mass is 10.1. The molecule has 4 nitrogen and oxygen atoms in total. The van der Waals surface area contributed by atoms with Gasteiger partial charge in [0.25, 0.3) is 0 Å². The standard InChI is InChI=1S/C15H28O4/c1-4-7-9-11-18-14(16)12-15(17)19-13(6-3)10-8-5-2/h13H,4-12H2,1-3H3. The first-order valence-corrected chi connectivity index (χ1v) is 7.49. The van der Waals surface area contributed by atoms with Crippen LogP contribution in [0, 0.1) is 0 Å². The van der Waals surface area contributed by atoms with Gasteiger partial charge in [-0.25, -0.2) is 0 Å². The molecule has 0 bridgehead atoms. The van der Waals surface area contributed by atoms with Crippen LogP contribution in [0.3, 0.4) is 0 Å². The highest BCUT2D eigenvalue weighted by Gasteiger charge is 2.16. The van der Waals surface area contributed by atoms with Crippen molar-refractivity contribution in [3.63, 3.8) is 0 Å². The second-order valence-corrected chi connectivity index (χ2v) is 4.77. The quantitative estimate of drug-likeness (QED) is 0.327. The van der Waals surface area contributed by atoms with Gasteiger partial charge in [-0.05, 0) is 19.3 Å². The van der Waals surface area contributed by atoms with Crippen molar-refractivity contribution in [3.05, 3.63) is 0 Å². The van der Waals surface area contributed by atoms with E-state index >= 15 is 0 Å². The van der Waals surface area contributed by atoms with Crippen LogP contribution in [0.4, 0.5) is 0 Å². The molecule has 19 heavy (non-hydrogen) atoms. The highest BCUT2D eigenvalue weighted by molar-refractivity contribution is 5.91. The van der Waals surface area contributed by atoms with Gasteiger partial charge < -0.3 is 9.47 Å². The summed E-state index contributed by atoms with van der Waals surface area (Å²) in [5.74, 6) is -0.949. The van der Waals surface area contributed by atoms with Crippen LogP contribution in [0.25, 0.3) is 0 Å². The molecule has 1 atom stereocenters. The number of hydrogen-bond acceptors (Lipinski definition) is 4. The van der Waals surface area contributed by atoms with Gasteiger partial charge in [-0.15, -0.1) is 0 Å². The molecule has 0 fully saturated rings. The third-order valence-electron chi connectivity index (χ3n) is 2.93. The molecule has 1 unspecified atom stereocenters. The first-order chi connectivity index (χ1) is 9.13. The SMILES string of the molecule is CCCCCOC(=O)CC(=O)OC(CC)CCCC. The maximum atomic E-state index is 11.6. The van der Waals surface area contributed by atoms with Crippen molar-refractivity contribution in [1.82, 2.24) is 0 Å². The average molecular weight is 272 g/mol. The molecule has 4 heteroatoms. The lowest BCUT2D eigenvalue weighted by molar-refractivity contribution is -0.158. The molecule has 0 N–H and O–H groups in total. The summed E-state index contributed by atoms with van der Waals surface area (Å²) >= 11 is 0. The molecule has 0 aliphatic carbocycles. The summed E-state index contributed by atoms with van der Waals surface area (Å²) in [5.41, 5.74) is 0. The Hall–Kier alpha value is -1.06. The summed E-state index contributed by atoms with van der Waals surface area (Å²) in [7, 11) is 0. The van der Waals surface area contributed by atoms with Crippen molar-refractivity contribution in [1.29, 1.82) is 0 Å². The maximum Gasteiger partial charge on any atom is 0.317 e. The fourth-order valence-electron chi connectivity index (χ4n) is 1.71. The molecule has 0 radical (unpaired) electrons. The topological polar surface area (TPSA) is 52.6 Å². The molecule has 0 aliphatic heterocycles. The van der Waals surface area contributed by atoms with E-state index in [-0.39, 0.29) is 12.5 Å². The summed E-state index contributed by atoms with van der Waals surface area (Å²) in [4.78, 5) is 22.9. The second-order valence-electron chi connectivity index (χ2n) is 4.77. The lowest BCUT2D eigenvalue weighted by Crippen LogP contribution is -2.21. The Morgan fingerprint density at radius 2 is 1.63 bits per heavy atom. The smallest absolute Gasteiger partial charge is 0.317 e. The van der Waals surface area contributed by atoms with E-state index in [9.17, 15) is 9.59 Å². The number of rotatable bonds is 11. The molecule has 0 aliphatic rings. The van der Waals surface area contributed by atoms with Crippen LogP contribution in [0.2, 0.25) is 0 Å². The van der Waals surface area contributed by atoms with Crippen molar-refractivity contribution < 1.29 is 19.1 Å². The number of carbonyl (C=O) groups is 2. The third-order valence-corrected chi connectivity index (χ3v) is 2.93. The average Bonchev–Trinajstić information content (AvgIpc) is 2.39. The van der Waals surface area contributed by atoms with Gasteiger partial charge >= 0.3 is 11.9 Å². The molecule has 0 aromatic carbocycles. The van der Waals surface area contributed by atoms with Crippen molar-refractivity contribution in [2.75, 3.05) is 6.61 Å². The Morgan fingerprint density at radius 3 is 2.21 bits per heavy atom. The Kier molecular flexibility index (Phi) is 11.3. The minimum atomic E-state index is -0.480. The number of ether oxygens (including phenoxy) is 2. The highest BCUT2D eigenvalue weighted by atomic mass is 16.6. The van der Waals surface area contributed by atoms with Gasteiger partial charge in [0, 0.05) is 0 Å². The fraction of sp³-hybridized carbons (Fsp3) is 0.867. The summed E-state index contributed by atoms with van der Waals surface area (Å²) < 4.78 is 10.2. The van der Waals surface area contributed by atoms with Crippen molar-refractivity contribution in [3.8, 4) is 0 Å². The highest BCUT2D eigenvalue weighted by Crippen LogP contribution is 2.10. The van der Waals surface area contributed by atoms with E-state index in [1.165, 1.54) is 0 Å². The Balaban J connectivity index is 3.78. The lowest BCUT2D eigenvalue weighted by Gasteiger charge is -2.15. The Bertz CT molecular complexity index is 251. The maximum absolute atomic E-state index is 11.6. The molecular formula is C15H28O4. The van der Waals surface area contributed by atoms with Gasteiger partial charge in [0.2, 0.25) is 0 Å². The van der Waals surface area contributed by atoms with Gasteiger partial charge in [-0.1, -0.05) is 46.5 Å². The van der Waals surface area contributed by atoms with Gasteiger partial charge in [0.1, 0.15) is 12.5 Å².